The van der Waals surface area contributed by atoms with Gasteiger partial charge in [-0.3, -0.25) is 0 Å². The quantitative estimate of drug-likeness (QED) is 0.780. The van der Waals surface area contributed by atoms with Gasteiger partial charge in [0.1, 0.15) is 0 Å². The highest BCUT2D eigenvalue weighted by molar-refractivity contribution is 5.76. The summed E-state index contributed by atoms with van der Waals surface area (Å²) >= 11 is 0. The van der Waals surface area contributed by atoms with Gasteiger partial charge in [0.25, 0.3) is 0 Å². The largest absolute Gasteiger partial charge is 0.481 e. The van der Waals surface area contributed by atoms with E-state index in [0.29, 0.717) is 5.88 Å². The molecular weight excluding hydrogens is 202 g/mol. The molecule has 0 unspecified atom stereocenters. The van der Waals surface area contributed by atoms with Crippen molar-refractivity contribution in [2.75, 3.05) is 13.7 Å². The Morgan fingerprint density at radius 1 is 1.31 bits per heavy atom. The summed E-state index contributed by atoms with van der Waals surface area (Å²) in [5.41, 5.74) is 7.61. The van der Waals surface area contributed by atoms with Crippen molar-refractivity contribution in [3.05, 3.63) is 24.4 Å². The lowest BCUT2D eigenvalue weighted by Gasteiger charge is -2.04. The molecule has 0 saturated heterocycles. The molecule has 2 aromatic heterocycles. The number of aromatic nitrogens is 2. The SMILES string of the molecule is COc1ccc2c(ccn2CCCCN)n1. The zero-order valence-corrected chi connectivity index (χ0v) is 9.52. The highest BCUT2D eigenvalue weighted by Crippen LogP contribution is 2.18. The lowest BCUT2D eigenvalue weighted by molar-refractivity contribution is 0.399. The smallest absolute Gasteiger partial charge is 0.213 e. The molecule has 86 valence electrons. The molecule has 0 aromatic carbocycles. The summed E-state index contributed by atoms with van der Waals surface area (Å²) in [5.74, 6) is 0.659. The number of pyridine rings is 1. The molecule has 2 N–H and O–H groups in total. The van der Waals surface area contributed by atoms with Crippen LogP contribution < -0.4 is 10.5 Å². The van der Waals surface area contributed by atoms with Crippen LogP contribution in [0.4, 0.5) is 0 Å². The summed E-state index contributed by atoms with van der Waals surface area (Å²) in [5, 5.41) is 0. The number of nitrogens with two attached hydrogens (primary N) is 1. The Morgan fingerprint density at radius 2 is 2.19 bits per heavy atom. The van der Waals surface area contributed by atoms with Crippen LogP contribution in [0.15, 0.2) is 24.4 Å². The fraction of sp³-hybridized carbons (Fsp3) is 0.417. The monoisotopic (exact) mass is 219 g/mol. The number of unbranched alkanes of at least 4 members (excludes halogenated alkanes) is 1. The summed E-state index contributed by atoms with van der Waals surface area (Å²) in [7, 11) is 1.63. The Labute approximate surface area is 95.0 Å². The summed E-state index contributed by atoms with van der Waals surface area (Å²) in [6.45, 7) is 1.75. The topological polar surface area (TPSA) is 53.1 Å². The lowest BCUT2D eigenvalue weighted by atomic mass is 10.3. The van der Waals surface area contributed by atoms with E-state index in [0.717, 1.165) is 37.0 Å². The van der Waals surface area contributed by atoms with Crippen LogP contribution in [-0.4, -0.2) is 23.2 Å². The van der Waals surface area contributed by atoms with Gasteiger partial charge in [0, 0.05) is 18.8 Å². The van der Waals surface area contributed by atoms with Crippen LogP contribution in [0.3, 0.4) is 0 Å². The zero-order valence-electron chi connectivity index (χ0n) is 9.52. The minimum atomic E-state index is 0.659. The molecule has 0 bridgehead atoms. The van der Waals surface area contributed by atoms with E-state index in [2.05, 4.69) is 15.7 Å². The molecule has 0 aliphatic rings. The molecule has 0 atom stereocenters. The Bertz CT molecular complexity index is 464. The molecular formula is C12H17N3O. The van der Waals surface area contributed by atoms with E-state index in [9.17, 15) is 0 Å². The van der Waals surface area contributed by atoms with Crippen molar-refractivity contribution in [1.29, 1.82) is 0 Å². The Balaban J connectivity index is 2.20. The van der Waals surface area contributed by atoms with Crippen LogP contribution in [0.25, 0.3) is 11.0 Å². The molecule has 2 aromatic rings. The molecule has 0 aliphatic carbocycles. The maximum absolute atomic E-state index is 5.48. The molecule has 0 amide bonds. The number of ether oxygens (including phenoxy) is 1. The van der Waals surface area contributed by atoms with E-state index in [-0.39, 0.29) is 0 Å². The van der Waals surface area contributed by atoms with E-state index in [1.165, 1.54) is 0 Å². The van der Waals surface area contributed by atoms with Crippen LogP contribution in [0.5, 0.6) is 5.88 Å². The minimum absolute atomic E-state index is 0.659. The maximum atomic E-state index is 5.48. The molecule has 0 saturated carbocycles. The van der Waals surface area contributed by atoms with Gasteiger partial charge in [-0.1, -0.05) is 0 Å². The van der Waals surface area contributed by atoms with Gasteiger partial charge >= 0.3 is 0 Å². The fourth-order valence-corrected chi connectivity index (χ4v) is 1.79. The van der Waals surface area contributed by atoms with Crippen LogP contribution in [0.2, 0.25) is 0 Å². The summed E-state index contributed by atoms with van der Waals surface area (Å²) in [6, 6.07) is 5.95. The van der Waals surface area contributed by atoms with Crippen LogP contribution in [-0.2, 0) is 6.54 Å². The molecule has 0 aliphatic heterocycles. The third-order valence-electron chi connectivity index (χ3n) is 2.66. The van der Waals surface area contributed by atoms with Crippen molar-refractivity contribution in [2.24, 2.45) is 5.73 Å². The second-order valence-corrected chi connectivity index (χ2v) is 3.76. The molecule has 2 heterocycles. The third kappa shape index (κ3) is 2.17. The van der Waals surface area contributed by atoms with Gasteiger partial charge in [-0.2, -0.15) is 0 Å². The average molecular weight is 219 g/mol. The first-order chi connectivity index (χ1) is 7.85. The highest BCUT2D eigenvalue weighted by atomic mass is 16.5. The number of hydrogen-bond donors (Lipinski definition) is 1. The predicted octanol–water partition coefficient (Wildman–Crippen LogP) is 1.78. The first kappa shape index (κ1) is 11.0. The molecule has 16 heavy (non-hydrogen) atoms. The first-order valence-electron chi connectivity index (χ1n) is 5.55. The Hall–Kier alpha value is -1.55. The van der Waals surface area contributed by atoms with Gasteiger partial charge in [0.05, 0.1) is 18.1 Å². The summed E-state index contributed by atoms with van der Waals surface area (Å²) < 4.78 is 7.30. The number of nitrogens with zero attached hydrogens (tertiary/aromatic N) is 2. The lowest BCUT2D eigenvalue weighted by Crippen LogP contribution is -2.02. The first-order valence-corrected chi connectivity index (χ1v) is 5.55. The van der Waals surface area contributed by atoms with Gasteiger partial charge in [0.2, 0.25) is 5.88 Å². The Kier molecular flexibility index (Phi) is 3.41. The molecule has 0 radical (unpaired) electrons. The van der Waals surface area contributed by atoms with Crippen molar-refractivity contribution in [3.8, 4) is 5.88 Å². The predicted molar refractivity (Wildman–Crippen MR) is 64.6 cm³/mol. The number of fused-ring (bicyclic) bond motifs is 1. The molecule has 0 fully saturated rings. The van der Waals surface area contributed by atoms with Crippen LogP contribution in [0, 0.1) is 0 Å². The molecule has 2 rings (SSSR count). The van der Waals surface area contributed by atoms with Crippen molar-refractivity contribution in [1.82, 2.24) is 9.55 Å². The van der Waals surface area contributed by atoms with Crippen molar-refractivity contribution in [3.63, 3.8) is 0 Å². The van der Waals surface area contributed by atoms with Gasteiger partial charge in [-0.15, -0.1) is 0 Å². The third-order valence-corrected chi connectivity index (χ3v) is 2.66. The second kappa shape index (κ2) is 4.99. The number of methoxy groups -OCH3 is 1. The summed E-state index contributed by atoms with van der Waals surface area (Å²) in [4.78, 5) is 4.37. The van der Waals surface area contributed by atoms with Crippen molar-refractivity contribution < 1.29 is 4.74 Å². The maximum Gasteiger partial charge on any atom is 0.213 e. The Morgan fingerprint density at radius 3 is 2.94 bits per heavy atom. The number of hydrogen-bond acceptors (Lipinski definition) is 3. The molecule has 4 nitrogen and oxygen atoms in total. The average Bonchev–Trinajstić information content (AvgIpc) is 2.72. The van der Waals surface area contributed by atoms with Crippen LogP contribution >= 0.6 is 0 Å². The normalized spacial score (nSPS) is 10.9. The standard InChI is InChI=1S/C12H17N3O/c1-16-12-5-4-11-10(14-12)6-9-15(11)8-3-2-7-13/h4-6,9H,2-3,7-8,13H2,1H3. The van der Waals surface area contributed by atoms with E-state index in [1.54, 1.807) is 7.11 Å². The van der Waals surface area contributed by atoms with Gasteiger partial charge < -0.3 is 15.0 Å². The van der Waals surface area contributed by atoms with Crippen LogP contribution in [0.1, 0.15) is 12.8 Å². The van der Waals surface area contributed by atoms with E-state index < -0.39 is 0 Å². The summed E-state index contributed by atoms with van der Waals surface area (Å²) in [6.07, 6.45) is 4.23. The van der Waals surface area contributed by atoms with Crippen molar-refractivity contribution >= 4 is 11.0 Å². The van der Waals surface area contributed by atoms with E-state index >= 15 is 0 Å². The molecule has 4 heteroatoms. The fourth-order valence-electron chi connectivity index (χ4n) is 1.79. The minimum Gasteiger partial charge on any atom is -0.481 e. The van der Waals surface area contributed by atoms with Gasteiger partial charge in [-0.25, -0.2) is 4.98 Å². The highest BCUT2D eigenvalue weighted by Gasteiger charge is 2.03. The zero-order chi connectivity index (χ0) is 11.4. The van der Waals surface area contributed by atoms with E-state index in [1.807, 2.05) is 18.2 Å². The van der Waals surface area contributed by atoms with Crippen molar-refractivity contribution in [2.45, 2.75) is 19.4 Å². The second-order valence-electron chi connectivity index (χ2n) is 3.76. The molecule has 0 spiro atoms. The number of aryl methyl sites for hydroxylation is 1. The number of rotatable bonds is 5. The van der Waals surface area contributed by atoms with Gasteiger partial charge in [-0.05, 0) is 31.5 Å². The van der Waals surface area contributed by atoms with E-state index in [4.69, 9.17) is 10.5 Å². The van der Waals surface area contributed by atoms with Gasteiger partial charge in [0.15, 0.2) is 0 Å².